The summed E-state index contributed by atoms with van der Waals surface area (Å²) in [5.74, 6) is -0.375. The van der Waals surface area contributed by atoms with Gasteiger partial charge in [-0.2, -0.15) is 0 Å². The van der Waals surface area contributed by atoms with Gasteiger partial charge in [-0.1, -0.05) is 235 Å². The van der Waals surface area contributed by atoms with Gasteiger partial charge in [-0.15, -0.1) is 0 Å². The largest absolute Gasteiger partial charge is 0.457 e. The minimum absolute atomic E-state index is 0.0591. The van der Waals surface area contributed by atoms with Crippen molar-refractivity contribution < 1.29 is 69.0 Å². The van der Waals surface area contributed by atoms with E-state index >= 15 is 0 Å². The van der Waals surface area contributed by atoms with Crippen molar-refractivity contribution in [2.75, 3.05) is 33.0 Å². The molecule has 0 spiro atoms. The lowest BCUT2D eigenvalue weighted by Gasteiger charge is -2.42. The van der Waals surface area contributed by atoms with E-state index in [1.807, 2.05) is 0 Å². The van der Waals surface area contributed by atoms with E-state index in [9.17, 15) is 40.5 Å². The quantitative estimate of drug-likeness (QED) is 0.0172. The van der Waals surface area contributed by atoms with Crippen molar-refractivity contribution in [2.24, 2.45) is 0 Å². The lowest BCUT2D eigenvalue weighted by molar-refractivity contribution is -0.332. The molecule has 0 aromatic heterocycles. The van der Waals surface area contributed by atoms with Crippen LogP contribution in [0.15, 0.2) is 60.8 Å². The molecule has 11 atom stereocenters. The van der Waals surface area contributed by atoms with E-state index in [2.05, 4.69) is 74.6 Å². The Kier molecular flexibility index (Phi) is 46.4. The van der Waals surface area contributed by atoms with Crippen LogP contribution in [-0.4, -0.2) is 142 Å². The van der Waals surface area contributed by atoms with Crippen molar-refractivity contribution in [3.63, 3.8) is 0 Å². The summed E-state index contributed by atoms with van der Waals surface area (Å²) in [5.41, 5.74) is 0. The first-order chi connectivity index (χ1) is 38.1. The number of carbonyl (C=O) groups excluding carboxylic acids is 1. The second-order valence-corrected chi connectivity index (χ2v) is 21.9. The molecule has 0 bridgehead atoms. The van der Waals surface area contributed by atoms with Gasteiger partial charge in [0.2, 0.25) is 0 Å². The first-order valence-corrected chi connectivity index (χ1v) is 31.4. The first kappa shape index (κ1) is 71.8. The van der Waals surface area contributed by atoms with Crippen LogP contribution in [0.25, 0.3) is 0 Å². The van der Waals surface area contributed by atoms with Gasteiger partial charge in [-0.25, -0.2) is 0 Å². The van der Waals surface area contributed by atoms with Crippen LogP contribution < -0.4 is 0 Å². The fraction of sp³-hybridized carbons (Fsp3) is 0.828. The predicted molar refractivity (Wildman–Crippen MR) is 312 cm³/mol. The number of ether oxygens (including phenoxy) is 6. The molecule has 0 aromatic carbocycles. The summed E-state index contributed by atoms with van der Waals surface area (Å²) in [5, 5.41) is 72.5. The van der Waals surface area contributed by atoms with Gasteiger partial charge in [-0.05, 0) is 57.8 Å². The Balaban J connectivity index is 1.67. The third kappa shape index (κ3) is 36.2. The van der Waals surface area contributed by atoms with Gasteiger partial charge < -0.3 is 64.2 Å². The van der Waals surface area contributed by atoms with Crippen molar-refractivity contribution in [3.05, 3.63) is 60.8 Å². The highest BCUT2D eigenvalue weighted by atomic mass is 16.7. The lowest BCUT2D eigenvalue weighted by atomic mass is 9.98. The number of unbranched alkanes of at least 4 members (excludes halogenated alkanes) is 27. The molecule has 2 heterocycles. The molecule has 78 heavy (non-hydrogen) atoms. The van der Waals surface area contributed by atoms with Gasteiger partial charge in [0.25, 0.3) is 0 Å². The Morgan fingerprint density at radius 3 is 1.31 bits per heavy atom. The Bertz CT molecular complexity index is 1520. The van der Waals surface area contributed by atoms with E-state index in [-0.39, 0.29) is 25.6 Å². The van der Waals surface area contributed by atoms with E-state index in [4.69, 9.17) is 28.4 Å². The van der Waals surface area contributed by atoms with E-state index in [1.54, 1.807) is 0 Å². The highest BCUT2D eigenvalue weighted by Gasteiger charge is 2.47. The summed E-state index contributed by atoms with van der Waals surface area (Å²) in [6.45, 7) is 3.60. The van der Waals surface area contributed by atoms with Crippen LogP contribution >= 0.6 is 0 Å². The Morgan fingerprint density at radius 1 is 0.436 bits per heavy atom. The Hall–Kier alpha value is -2.31. The van der Waals surface area contributed by atoms with Gasteiger partial charge in [0.1, 0.15) is 54.9 Å². The summed E-state index contributed by atoms with van der Waals surface area (Å²) < 4.78 is 34.5. The average Bonchev–Trinajstić information content (AvgIpc) is 3.45. The second kappa shape index (κ2) is 50.4. The molecular weight excluding hydrogens is 993 g/mol. The van der Waals surface area contributed by atoms with Crippen LogP contribution in [-0.2, 0) is 33.2 Å². The summed E-state index contributed by atoms with van der Waals surface area (Å²) in [7, 11) is 0. The van der Waals surface area contributed by atoms with Crippen molar-refractivity contribution in [3.8, 4) is 0 Å². The standard InChI is InChI=1S/C64H114O14/c1-3-5-7-9-11-13-15-17-19-21-23-24-25-26-27-28-29-30-32-34-36-38-40-42-44-46-48-73-50-53(76-56(66)47-45-43-41-39-37-35-33-31-22-20-18-16-14-12-10-8-6-4-2)51-74-63-62(72)60(70)58(68)55(78-63)52-75-64-61(71)59(69)57(67)54(49-65)77-64/h5,7,11,13,17,19,23-24,26-27,53-55,57-65,67-72H,3-4,6,8-10,12,14-16,18,20-22,25,28-52H2,1-2H3/b7-5-,13-11-,19-17-,24-23-,27-26-. The maximum Gasteiger partial charge on any atom is 0.306 e. The Labute approximate surface area is 473 Å². The average molecular weight is 1110 g/mol. The number of aliphatic hydroxyl groups excluding tert-OH is 7. The van der Waals surface area contributed by atoms with Crippen molar-refractivity contribution in [1.82, 2.24) is 0 Å². The van der Waals surface area contributed by atoms with Crippen LogP contribution in [0.4, 0.5) is 0 Å². The number of carbonyl (C=O) groups is 1. The molecule has 0 saturated carbocycles. The van der Waals surface area contributed by atoms with Crippen LogP contribution in [0.3, 0.4) is 0 Å². The zero-order chi connectivity index (χ0) is 56.5. The highest BCUT2D eigenvalue weighted by Crippen LogP contribution is 2.27. The molecule has 2 fully saturated rings. The number of hydrogen-bond acceptors (Lipinski definition) is 14. The number of rotatable bonds is 51. The van der Waals surface area contributed by atoms with Crippen LogP contribution in [0, 0.1) is 0 Å². The number of aliphatic hydroxyl groups is 7. The second-order valence-electron chi connectivity index (χ2n) is 21.9. The summed E-state index contributed by atoms with van der Waals surface area (Å²) in [6.07, 6.45) is 47.1. The number of esters is 1. The van der Waals surface area contributed by atoms with E-state index in [0.717, 1.165) is 77.0 Å². The molecule has 2 aliphatic heterocycles. The molecule has 0 amide bonds. The smallest absolute Gasteiger partial charge is 0.306 e. The molecule has 454 valence electrons. The maximum atomic E-state index is 13.1. The third-order valence-corrected chi connectivity index (χ3v) is 14.8. The van der Waals surface area contributed by atoms with E-state index in [0.29, 0.717) is 13.0 Å². The van der Waals surface area contributed by atoms with Crippen molar-refractivity contribution in [2.45, 2.75) is 306 Å². The normalized spacial score (nSPS) is 24.5. The Morgan fingerprint density at radius 2 is 0.833 bits per heavy atom. The molecule has 2 aliphatic rings. The zero-order valence-electron chi connectivity index (χ0n) is 48.9. The van der Waals surface area contributed by atoms with Crippen LogP contribution in [0.1, 0.15) is 239 Å². The minimum atomic E-state index is -1.71. The van der Waals surface area contributed by atoms with Crippen molar-refractivity contribution in [1.29, 1.82) is 0 Å². The van der Waals surface area contributed by atoms with Gasteiger partial charge in [0.15, 0.2) is 12.6 Å². The molecule has 2 rings (SSSR count). The van der Waals surface area contributed by atoms with E-state index < -0.39 is 80.7 Å². The van der Waals surface area contributed by atoms with Crippen molar-refractivity contribution >= 4 is 5.97 Å². The fourth-order valence-corrected chi connectivity index (χ4v) is 9.78. The number of allylic oxidation sites excluding steroid dienone is 10. The van der Waals surface area contributed by atoms with Gasteiger partial charge in [-0.3, -0.25) is 4.79 Å². The van der Waals surface area contributed by atoms with Gasteiger partial charge in [0.05, 0.1) is 26.4 Å². The molecule has 0 aromatic rings. The van der Waals surface area contributed by atoms with Gasteiger partial charge >= 0.3 is 5.97 Å². The first-order valence-electron chi connectivity index (χ1n) is 31.4. The molecule has 7 N–H and O–H groups in total. The molecule has 11 unspecified atom stereocenters. The summed E-state index contributed by atoms with van der Waals surface area (Å²) in [4.78, 5) is 13.1. The number of hydrogen-bond donors (Lipinski definition) is 7. The molecule has 14 heteroatoms. The monoisotopic (exact) mass is 1110 g/mol. The molecule has 14 nitrogen and oxygen atoms in total. The third-order valence-electron chi connectivity index (χ3n) is 14.8. The molecule has 0 aliphatic carbocycles. The molecule has 2 saturated heterocycles. The minimum Gasteiger partial charge on any atom is -0.457 e. The maximum absolute atomic E-state index is 13.1. The van der Waals surface area contributed by atoms with Crippen LogP contribution in [0.5, 0.6) is 0 Å². The SMILES string of the molecule is CC/C=C\C/C=C\C/C=C\C/C=C\C/C=C\CCCCCCCCCCCCOCC(COC1OC(COC2OC(CO)C(O)C(O)C2O)C(O)C(O)C1O)OC(=O)CCCCCCCCCCCCCCCCCCCC. The fourth-order valence-electron chi connectivity index (χ4n) is 9.78. The van der Waals surface area contributed by atoms with E-state index in [1.165, 1.54) is 135 Å². The molecular formula is C64H114O14. The lowest BCUT2D eigenvalue weighted by Crippen LogP contribution is -2.61. The molecule has 0 radical (unpaired) electrons. The summed E-state index contributed by atoms with van der Waals surface area (Å²) >= 11 is 0. The topological polar surface area (TPSA) is 214 Å². The zero-order valence-corrected chi connectivity index (χ0v) is 48.9. The van der Waals surface area contributed by atoms with Crippen LogP contribution in [0.2, 0.25) is 0 Å². The van der Waals surface area contributed by atoms with Gasteiger partial charge in [0, 0.05) is 13.0 Å². The summed E-state index contributed by atoms with van der Waals surface area (Å²) in [6, 6.07) is 0. The predicted octanol–water partition coefficient (Wildman–Crippen LogP) is 12.0. The highest BCUT2D eigenvalue weighted by molar-refractivity contribution is 5.69.